The van der Waals surface area contributed by atoms with Gasteiger partial charge in [0.15, 0.2) is 0 Å². The summed E-state index contributed by atoms with van der Waals surface area (Å²) < 4.78 is 47.1. The number of aromatic nitrogens is 2. The monoisotopic (exact) mass is 596 g/mol. The van der Waals surface area contributed by atoms with Crippen molar-refractivity contribution in [1.29, 1.82) is 5.26 Å². The molecular weight excluding hydrogens is 587 g/mol. The number of nitriles is 1. The van der Waals surface area contributed by atoms with Gasteiger partial charge in [0, 0.05) is 30.6 Å². The minimum Gasteiger partial charge on any atom is -0.235 e. The molecular formula is C28H10F2N6S4. The zero-order chi connectivity index (χ0) is 27.4. The van der Waals surface area contributed by atoms with Gasteiger partial charge >= 0.3 is 0 Å². The molecule has 0 amide bonds. The van der Waals surface area contributed by atoms with Crippen molar-refractivity contribution >= 4 is 73.9 Å². The fourth-order valence-corrected chi connectivity index (χ4v) is 7.71. The molecule has 0 spiro atoms. The molecule has 3 aromatic carbocycles. The minimum absolute atomic E-state index is 0.00360. The van der Waals surface area contributed by atoms with Crippen LogP contribution < -0.4 is 0 Å². The van der Waals surface area contributed by atoms with Gasteiger partial charge in [-0.15, -0.1) is 22.7 Å². The average Bonchev–Trinajstić information content (AvgIpc) is 3.78. The van der Waals surface area contributed by atoms with E-state index in [0.29, 0.717) is 33.5 Å². The molecule has 40 heavy (non-hydrogen) atoms. The number of halogens is 2. The summed E-state index contributed by atoms with van der Waals surface area (Å²) in [6.45, 7) is 7.09. The zero-order valence-corrected chi connectivity index (χ0v) is 23.1. The van der Waals surface area contributed by atoms with E-state index in [1.54, 1.807) is 12.1 Å². The van der Waals surface area contributed by atoms with Crippen LogP contribution in [0.2, 0.25) is 0 Å². The first kappa shape index (κ1) is 24.6. The van der Waals surface area contributed by atoms with Crippen LogP contribution in [0, 0.1) is 29.5 Å². The maximum atomic E-state index is 14.3. The van der Waals surface area contributed by atoms with Crippen LogP contribution in [0.25, 0.3) is 57.6 Å². The second kappa shape index (κ2) is 9.62. The van der Waals surface area contributed by atoms with E-state index >= 15 is 0 Å². The molecule has 12 heteroatoms. The molecule has 0 atom stereocenters. The molecule has 0 aliphatic carbocycles. The highest BCUT2D eigenvalue weighted by Crippen LogP contribution is 2.54. The quantitative estimate of drug-likeness (QED) is 0.190. The summed E-state index contributed by atoms with van der Waals surface area (Å²) >= 11 is 5.16. The molecule has 4 heterocycles. The summed E-state index contributed by atoms with van der Waals surface area (Å²) in [5.41, 5.74) is 5.77. The molecule has 0 N–H and O–H groups in total. The summed E-state index contributed by atoms with van der Waals surface area (Å²) in [6, 6.07) is 18.8. The van der Waals surface area contributed by atoms with Crippen LogP contribution in [-0.4, -0.2) is 8.75 Å². The zero-order valence-electron chi connectivity index (χ0n) is 19.8. The highest BCUT2D eigenvalue weighted by Gasteiger charge is 2.28. The Morgan fingerprint density at radius 3 is 1.80 bits per heavy atom. The number of fused-ring (bicyclic) bond motifs is 2. The molecule has 0 radical (unpaired) electrons. The minimum atomic E-state index is -0.558. The Labute approximate surface area is 241 Å². The third kappa shape index (κ3) is 3.89. The topological polar surface area (TPSA) is 78.6 Å². The Kier molecular flexibility index (Phi) is 5.91. The number of hydrogen-bond acceptors (Lipinski definition) is 8. The Hall–Kier alpha value is -4.46. The van der Waals surface area contributed by atoms with Gasteiger partial charge in [-0.25, -0.2) is 13.6 Å². The highest BCUT2D eigenvalue weighted by molar-refractivity contribution is 7.58. The van der Waals surface area contributed by atoms with Crippen molar-refractivity contribution in [1.82, 2.24) is 8.75 Å². The van der Waals surface area contributed by atoms with Crippen molar-refractivity contribution in [3.05, 3.63) is 89.3 Å². The van der Waals surface area contributed by atoms with Gasteiger partial charge in [-0.1, -0.05) is 18.2 Å². The Morgan fingerprint density at radius 1 is 0.725 bits per heavy atom. The van der Waals surface area contributed by atoms with Crippen molar-refractivity contribution < 1.29 is 8.78 Å². The van der Waals surface area contributed by atoms with E-state index in [9.17, 15) is 8.78 Å². The number of hydrogen-bond donors (Lipinski definition) is 0. The smallest absolute Gasteiger partial charge is 0.222 e. The maximum Gasteiger partial charge on any atom is 0.222 e. The van der Waals surface area contributed by atoms with Crippen molar-refractivity contribution in [3.63, 3.8) is 0 Å². The molecule has 0 saturated heterocycles. The molecule has 190 valence electrons. The predicted molar refractivity (Wildman–Crippen MR) is 157 cm³/mol. The van der Waals surface area contributed by atoms with Gasteiger partial charge in [-0.05, 0) is 53.6 Å². The predicted octanol–water partition coefficient (Wildman–Crippen LogP) is 9.91. The van der Waals surface area contributed by atoms with E-state index in [4.69, 9.17) is 11.8 Å². The van der Waals surface area contributed by atoms with Crippen molar-refractivity contribution in [2.24, 2.45) is 8.73 Å². The van der Waals surface area contributed by atoms with Crippen LogP contribution in [0.1, 0.15) is 5.56 Å². The molecule has 0 unspecified atom stereocenters. The van der Waals surface area contributed by atoms with Crippen molar-refractivity contribution in [3.8, 4) is 47.8 Å². The molecule has 7 rings (SSSR count). The third-order valence-corrected chi connectivity index (χ3v) is 9.72. The van der Waals surface area contributed by atoms with E-state index in [2.05, 4.69) is 22.3 Å². The molecule has 6 aromatic rings. The lowest BCUT2D eigenvalue weighted by Crippen LogP contribution is -1.85. The lowest BCUT2D eigenvalue weighted by molar-refractivity contribution is 0.624. The van der Waals surface area contributed by atoms with E-state index in [1.165, 1.54) is 46.9 Å². The van der Waals surface area contributed by atoms with Crippen molar-refractivity contribution in [2.45, 2.75) is 0 Å². The number of thiophene rings is 2. The number of benzene rings is 3. The molecule has 3 aromatic heterocycles. The maximum absolute atomic E-state index is 14.3. The van der Waals surface area contributed by atoms with Gasteiger partial charge in [0.05, 0.1) is 35.2 Å². The molecule has 1 aliphatic rings. The van der Waals surface area contributed by atoms with Gasteiger partial charge in [-0.2, -0.15) is 22.7 Å². The van der Waals surface area contributed by atoms with Gasteiger partial charge < -0.3 is 0 Å². The fourth-order valence-electron chi connectivity index (χ4n) is 4.49. The largest absolute Gasteiger partial charge is 0.235 e. The summed E-state index contributed by atoms with van der Waals surface area (Å²) in [4.78, 5) is 6.68. The molecule has 0 fully saturated rings. The molecule has 0 saturated carbocycles. The lowest BCUT2D eigenvalue weighted by Gasteiger charge is -2.09. The number of rotatable bonds is 4. The Bertz CT molecular complexity index is 2030. The SMILES string of the molecule is [C-]#[N+]c1ccc(-c2ccc(-c3c4c(c(-c5ccc(-c6ccc(C#N)c(F)c6)s5)c5nsnc35)N=S=N4)s2)cc1F. The van der Waals surface area contributed by atoms with E-state index in [0.717, 1.165) is 53.7 Å². The van der Waals surface area contributed by atoms with E-state index in [1.807, 2.05) is 30.3 Å². The van der Waals surface area contributed by atoms with Gasteiger partial charge in [0.25, 0.3) is 0 Å². The molecule has 1 aliphatic heterocycles. The average molecular weight is 597 g/mol. The first-order valence-corrected chi connectivity index (χ1v) is 14.6. The summed E-state index contributed by atoms with van der Waals surface area (Å²) in [6.07, 6.45) is 0. The standard InChI is InChI=1S/C28H10F2N6S4/c1-32-18-5-4-14(11-17(18)30)20-7-9-22(38-20)24-27-25(33-39-35-27)23(26-28(24)36-40-34-26)21-8-6-19(37-21)13-2-3-15(12-31)16(29)10-13/h2-11H. The van der Waals surface area contributed by atoms with Gasteiger partial charge in [-0.3, -0.25) is 0 Å². The van der Waals surface area contributed by atoms with Crippen LogP contribution >= 0.6 is 34.4 Å². The second-order valence-corrected chi connectivity index (χ2v) is 11.8. The van der Waals surface area contributed by atoms with Crippen LogP contribution in [0.3, 0.4) is 0 Å². The number of nitrogens with zero attached hydrogens (tertiary/aromatic N) is 6. The van der Waals surface area contributed by atoms with Crippen LogP contribution in [0.5, 0.6) is 0 Å². The van der Waals surface area contributed by atoms with Gasteiger partial charge in [0.2, 0.25) is 5.69 Å². The van der Waals surface area contributed by atoms with E-state index in [-0.39, 0.29) is 11.3 Å². The van der Waals surface area contributed by atoms with Crippen LogP contribution in [-0.2, 0) is 11.4 Å². The Morgan fingerprint density at radius 2 is 1.27 bits per heavy atom. The molecule has 0 bridgehead atoms. The normalized spacial score (nSPS) is 11.8. The van der Waals surface area contributed by atoms with Gasteiger partial charge in [0.1, 0.15) is 40.1 Å². The summed E-state index contributed by atoms with van der Waals surface area (Å²) in [5, 5.41) is 9.05. The van der Waals surface area contributed by atoms with Crippen LogP contribution in [0.15, 0.2) is 69.4 Å². The third-order valence-electron chi connectivity index (χ3n) is 6.36. The first-order valence-electron chi connectivity index (χ1n) is 11.5. The van der Waals surface area contributed by atoms with E-state index < -0.39 is 11.6 Å². The first-order chi connectivity index (χ1) is 19.6. The Balaban J connectivity index is 1.35. The fraction of sp³-hybridized carbons (Fsp3) is 0. The summed E-state index contributed by atoms with van der Waals surface area (Å²) in [5.74, 6) is -1.11. The van der Waals surface area contributed by atoms with Crippen LogP contribution in [0.4, 0.5) is 25.8 Å². The summed E-state index contributed by atoms with van der Waals surface area (Å²) in [7, 11) is 0. The second-order valence-electron chi connectivity index (χ2n) is 8.59. The lowest BCUT2D eigenvalue weighted by atomic mass is 10.0. The highest BCUT2D eigenvalue weighted by atomic mass is 32.1. The molecule has 6 nitrogen and oxygen atoms in total. The van der Waals surface area contributed by atoms with Crippen molar-refractivity contribution in [2.75, 3.05) is 0 Å².